The molecular formula is C19H27N3O7S. The van der Waals surface area contributed by atoms with Crippen molar-refractivity contribution in [2.45, 2.75) is 6.04 Å². The van der Waals surface area contributed by atoms with E-state index in [-0.39, 0.29) is 24.2 Å². The molecule has 11 heteroatoms. The van der Waals surface area contributed by atoms with Crippen LogP contribution in [0.4, 0.5) is 0 Å². The lowest BCUT2D eigenvalue weighted by Crippen LogP contribution is -2.32. The Kier molecular flexibility index (Phi) is 8.21. The van der Waals surface area contributed by atoms with Crippen molar-refractivity contribution in [2.75, 3.05) is 47.3 Å². The number of nitrogens with zero attached hydrogens (tertiary/aromatic N) is 3. The van der Waals surface area contributed by atoms with E-state index in [0.717, 1.165) is 5.56 Å². The van der Waals surface area contributed by atoms with Crippen molar-refractivity contribution in [1.29, 1.82) is 0 Å². The van der Waals surface area contributed by atoms with Gasteiger partial charge in [0.1, 0.15) is 5.82 Å². The van der Waals surface area contributed by atoms with Crippen LogP contribution in [0.25, 0.3) is 11.4 Å². The number of aromatic nitrogens is 2. The molecule has 10 nitrogen and oxygen atoms in total. The molecule has 1 N–H and O–H groups in total. The molecule has 0 aliphatic carbocycles. The van der Waals surface area contributed by atoms with Gasteiger partial charge in [-0.05, 0) is 12.1 Å². The molecule has 2 aromatic rings. The smallest absolute Gasteiger partial charge is 0.290 e. The summed E-state index contributed by atoms with van der Waals surface area (Å²) in [6.45, 7) is 0.577. The van der Waals surface area contributed by atoms with E-state index < -0.39 is 10.0 Å². The zero-order valence-corrected chi connectivity index (χ0v) is 18.2. The summed E-state index contributed by atoms with van der Waals surface area (Å²) < 4.78 is 44.5. The third-order valence-electron chi connectivity index (χ3n) is 4.82. The van der Waals surface area contributed by atoms with Crippen LogP contribution in [0, 0.1) is 5.92 Å². The first kappa shape index (κ1) is 23.6. The van der Waals surface area contributed by atoms with Crippen molar-refractivity contribution in [3.63, 3.8) is 0 Å². The Labute approximate surface area is 176 Å². The number of sulfonamides is 1. The van der Waals surface area contributed by atoms with Gasteiger partial charge in [0.15, 0.2) is 11.5 Å². The molecule has 1 aliphatic rings. The highest BCUT2D eigenvalue weighted by Crippen LogP contribution is 2.39. The molecule has 0 bridgehead atoms. The van der Waals surface area contributed by atoms with E-state index in [1.54, 1.807) is 34.5 Å². The summed E-state index contributed by atoms with van der Waals surface area (Å²) in [6, 6.07) is 5.46. The summed E-state index contributed by atoms with van der Waals surface area (Å²) in [5.74, 6) is 1.75. The molecule has 0 saturated carbocycles. The summed E-state index contributed by atoms with van der Waals surface area (Å²) >= 11 is 0. The van der Waals surface area contributed by atoms with Gasteiger partial charge in [-0.2, -0.15) is 0 Å². The standard InChI is InChI=1S/C18H25N3O5S.CH2O2/c1-20(2)27(22,23)12-13-10-26-11-15(13)21-9-8-19-18(21)14-6-5-7-16(24-3)17(14)25-4;2-1-3/h5-9,13,15H,10-12H2,1-4H3;1H,(H,2,3)/t13-,15+;/m0./s1. The number of rotatable bonds is 7. The molecule has 166 valence electrons. The first-order chi connectivity index (χ1) is 14.3. The lowest BCUT2D eigenvalue weighted by molar-refractivity contribution is -0.122. The van der Waals surface area contributed by atoms with Crippen molar-refractivity contribution in [3.8, 4) is 22.9 Å². The second-order valence-corrected chi connectivity index (χ2v) is 8.96. The fourth-order valence-electron chi connectivity index (χ4n) is 3.33. The van der Waals surface area contributed by atoms with Crippen LogP contribution in [0.15, 0.2) is 30.6 Å². The molecule has 1 aromatic carbocycles. The number of carboxylic acid groups (broad SMARTS) is 1. The molecule has 3 rings (SSSR count). The SMILES string of the molecule is COc1cccc(-c2nccn2[C@@H]2COC[C@H]2CS(=O)(=O)N(C)C)c1OC.O=CO. The maximum absolute atomic E-state index is 12.3. The van der Waals surface area contributed by atoms with Gasteiger partial charge in [-0.3, -0.25) is 4.79 Å². The number of ether oxygens (including phenoxy) is 3. The lowest BCUT2D eigenvalue weighted by atomic mass is 10.1. The Bertz CT molecular complexity index is 943. The first-order valence-electron chi connectivity index (χ1n) is 9.10. The third kappa shape index (κ3) is 5.10. The van der Waals surface area contributed by atoms with Gasteiger partial charge < -0.3 is 23.9 Å². The fourth-order valence-corrected chi connectivity index (χ4v) is 4.48. The van der Waals surface area contributed by atoms with Gasteiger partial charge in [-0.1, -0.05) is 6.07 Å². The molecule has 1 aliphatic heterocycles. The van der Waals surface area contributed by atoms with Crippen molar-refractivity contribution in [2.24, 2.45) is 5.92 Å². The van der Waals surface area contributed by atoms with Gasteiger partial charge in [0.05, 0.1) is 44.8 Å². The molecule has 0 spiro atoms. The van der Waals surface area contributed by atoms with Gasteiger partial charge >= 0.3 is 0 Å². The third-order valence-corrected chi connectivity index (χ3v) is 6.78. The number of hydrogen-bond acceptors (Lipinski definition) is 7. The van der Waals surface area contributed by atoms with E-state index in [9.17, 15) is 8.42 Å². The van der Waals surface area contributed by atoms with Crippen LogP contribution in [-0.4, -0.2) is 81.1 Å². The molecule has 1 saturated heterocycles. The van der Waals surface area contributed by atoms with Crippen molar-refractivity contribution >= 4 is 16.5 Å². The largest absolute Gasteiger partial charge is 0.493 e. The number of methoxy groups -OCH3 is 2. The highest BCUT2D eigenvalue weighted by Gasteiger charge is 2.35. The van der Waals surface area contributed by atoms with Crippen LogP contribution in [-0.2, 0) is 19.6 Å². The minimum Gasteiger partial charge on any atom is -0.493 e. The quantitative estimate of drug-likeness (QED) is 0.639. The van der Waals surface area contributed by atoms with Crippen LogP contribution in [0.1, 0.15) is 6.04 Å². The summed E-state index contributed by atoms with van der Waals surface area (Å²) in [5, 5.41) is 6.89. The molecule has 0 unspecified atom stereocenters. The molecule has 2 atom stereocenters. The minimum absolute atomic E-state index is 0.0253. The van der Waals surface area contributed by atoms with Crippen molar-refractivity contribution in [3.05, 3.63) is 30.6 Å². The Balaban J connectivity index is 0.00000101. The van der Waals surface area contributed by atoms with Gasteiger partial charge in [0.2, 0.25) is 10.0 Å². The average molecular weight is 442 g/mol. The first-order valence-corrected chi connectivity index (χ1v) is 10.7. The topological polar surface area (TPSA) is 120 Å². The van der Waals surface area contributed by atoms with Crippen LogP contribution in [0.5, 0.6) is 11.5 Å². The van der Waals surface area contributed by atoms with Crippen LogP contribution >= 0.6 is 0 Å². The number of hydrogen-bond donors (Lipinski definition) is 1. The maximum atomic E-state index is 12.3. The van der Waals surface area contributed by atoms with Gasteiger partial charge in [0, 0.05) is 32.4 Å². The van der Waals surface area contributed by atoms with E-state index in [0.29, 0.717) is 30.5 Å². The van der Waals surface area contributed by atoms with E-state index >= 15 is 0 Å². The van der Waals surface area contributed by atoms with E-state index in [1.165, 1.54) is 4.31 Å². The number of benzene rings is 1. The fraction of sp³-hybridized carbons (Fsp3) is 0.474. The number of imidazole rings is 1. The average Bonchev–Trinajstić information content (AvgIpc) is 3.36. The van der Waals surface area contributed by atoms with Crippen LogP contribution < -0.4 is 9.47 Å². The maximum Gasteiger partial charge on any atom is 0.290 e. The van der Waals surface area contributed by atoms with Crippen molar-refractivity contribution < 1.29 is 32.5 Å². The van der Waals surface area contributed by atoms with Crippen molar-refractivity contribution in [1.82, 2.24) is 13.9 Å². The summed E-state index contributed by atoms with van der Waals surface area (Å²) in [5.41, 5.74) is 0.781. The van der Waals surface area contributed by atoms with E-state index in [2.05, 4.69) is 4.98 Å². The normalized spacial score (nSPS) is 18.6. The molecule has 1 aromatic heterocycles. The zero-order chi connectivity index (χ0) is 22.3. The molecule has 0 radical (unpaired) electrons. The molecule has 1 fully saturated rings. The predicted molar refractivity (Wildman–Crippen MR) is 110 cm³/mol. The van der Waals surface area contributed by atoms with Gasteiger partial charge in [-0.25, -0.2) is 17.7 Å². The Hall–Kier alpha value is -2.63. The predicted octanol–water partition coefficient (Wildman–Crippen LogP) is 1.35. The Morgan fingerprint density at radius 1 is 1.30 bits per heavy atom. The van der Waals surface area contributed by atoms with Gasteiger partial charge in [0.25, 0.3) is 6.47 Å². The monoisotopic (exact) mass is 441 g/mol. The second-order valence-electron chi connectivity index (χ2n) is 6.73. The van der Waals surface area contributed by atoms with E-state index in [4.69, 9.17) is 24.1 Å². The van der Waals surface area contributed by atoms with Crippen LogP contribution in [0.2, 0.25) is 0 Å². The summed E-state index contributed by atoms with van der Waals surface area (Å²) in [7, 11) is 2.93. The zero-order valence-electron chi connectivity index (χ0n) is 17.4. The molecule has 2 heterocycles. The number of carbonyl (C=O) groups is 1. The molecule has 30 heavy (non-hydrogen) atoms. The van der Waals surface area contributed by atoms with E-state index in [1.807, 2.05) is 29.0 Å². The molecule has 0 amide bonds. The minimum atomic E-state index is -3.33. The Morgan fingerprint density at radius 3 is 2.60 bits per heavy atom. The lowest BCUT2D eigenvalue weighted by Gasteiger charge is -2.23. The molecular weight excluding hydrogens is 414 g/mol. The van der Waals surface area contributed by atoms with Crippen LogP contribution in [0.3, 0.4) is 0 Å². The highest BCUT2D eigenvalue weighted by atomic mass is 32.2. The number of para-hydroxylation sites is 1. The highest BCUT2D eigenvalue weighted by molar-refractivity contribution is 7.89. The Morgan fingerprint density at radius 2 is 2.00 bits per heavy atom. The van der Waals surface area contributed by atoms with Gasteiger partial charge in [-0.15, -0.1) is 0 Å². The second kappa shape index (κ2) is 10.4. The summed E-state index contributed by atoms with van der Waals surface area (Å²) in [6.07, 6.45) is 3.55. The summed E-state index contributed by atoms with van der Waals surface area (Å²) in [4.78, 5) is 12.9.